The number of carbonyl (C=O) groups is 1. The minimum atomic E-state index is -0.258. The van der Waals surface area contributed by atoms with Gasteiger partial charge in [0.05, 0.1) is 10.8 Å². The molecule has 0 aliphatic heterocycles. The van der Waals surface area contributed by atoms with E-state index in [1.165, 1.54) is 11.3 Å². The van der Waals surface area contributed by atoms with Crippen LogP contribution in [0.25, 0.3) is 10.1 Å². The van der Waals surface area contributed by atoms with E-state index >= 15 is 0 Å². The van der Waals surface area contributed by atoms with E-state index in [-0.39, 0.29) is 12.1 Å². The summed E-state index contributed by atoms with van der Waals surface area (Å²) in [5, 5.41) is 1.03. The molecule has 78 valence electrons. The van der Waals surface area contributed by atoms with Crippen molar-refractivity contribution < 1.29 is 9.53 Å². The van der Waals surface area contributed by atoms with Gasteiger partial charge in [0.2, 0.25) is 0 Å². The van der Waals surface area contributed by atoms with Gasteiger partial charge in [0, 0.05) is 12.4 Å². The number of nitrogens with zero attached hydrogens (tertiary/aromatic N) is 1. The van der Waals surface area contributed by atoms with Crippen LogP contribution < -0.4 is 0 Å². The zero-order valence-electron chi connectivity index (χ0n) is 8.56. The standard InChI is InChI=1S/C11H11NO2S/c1-7(2)14-11(13)9-5-8-3-4-12-6-10(8)15-9/h3-7H,1-2H3. The third-order valence-corrected chi connectivity index (χ3v) is 2.93. The van der Waals surface area contributed by atoms with Crippen LogP contribution in [0, 0.1) is 0 Å². The molecular weight excluding hydrogens is 210 g/mol. The van der Waals surface area contributed by atoms with E-state index in [0.29, 0.717) is 4.88 Å². The molecule has 2 aromatic rings. The lowest BCUT2D eigenvalue weighted by molar-refractivity contribution is 0.0384. The van der Waals surface area contributed by atoms with E-state index in [1.807, 2.05) is 26.0 Å². The first-order chi connectivity index (χ1) is 7.16. The van der Waals surface area contributed by atoms with Crippen molar-refractivity contribution in [2.45, 2.75) is 20.0 Å². The lowest BCUT2D eigenvalue weighted by atomic mass is 10.3. The summed E-state index contributed by atoms with van der Waals surface area (Å²) in [5.74, 6) is -0.258. The first-order valence-corrected chi connectivity index (χ1v) is 5.53. The molecule has 0 spiro atoms. The predicted molar refractivity (Wildman–Crippen MR) is 60.2 cm³/mol. The molecule has 0 unspecified atom stereocenters. The summed E-state index contributed by atoms with van der Waals surface area (Å²) < 4.78 is 6.12. The van der Waals surface area contributed by atoms with Gasteiger partial charge in [-0.1, -0.05) is 0 Å². The van der Waals surface area contributed by atoms with Gasteiger partial charge in [0.25, 0.3) is 0 Å². The van der Waals surface area contributed by atoms with Crippen LogP contribution in [-0.4, -0.2) is 17.1 Å². The highest BCUT2D eigenvalue weighted by molar-refractivity contribution is 7.20. The molecule has 0 atom stereocenters. The molecule has 2 aromatic heterocycles. The summed E-state index contributed by atoms with van der Waals surface area (Å²) >= 11 is 1.41. The first kappa shape index (κ1) is 10.1. The van der Waals surface area contributed by atoms with Crippen LogP contribution in [0.3, 0.4) is 0 Å². The van der Waals surface area contributed by atoms with Crippen LogP contribution in [0.5, 0.6) is 0 Å². The van der Waals surface area contributed by atoms with Crippen molar-refractivity contribution in [3.05, 3.63) is 29.4 Å². The molecule has 0 aromatic carbocycles. The summed E-state index contributed by atoms with van der Waals surface area (Å²) in [7, 11) is 0. The summed E-state index contributed by atoms with van der Waals surface area (Å²) in [6.07, 6.45) is 3.39. The molecule has 15 heavy (non-hydrogen) atoms. The molecular formula is C11H11NO2S. The minimum Gasteiger partial charge on any atom is -0.459 e. The van der Waals surface area contributed by atoms with E-state index in [9.17, 15) is 4.79 Å². The minimum absolute atomic E-state index is 0.0826. The Morgan fingerprint density at radius 3 is 3.00 bits per heavy atom. The molecule has 4 heteroatoms. The van der Waals surface area contributed by atoms with Crippen molar-refractivity contribution in [1.82, 2.24) is 4.98 Å². The second-order valence-corrected chi connectivity index (χ2v) is 4.56. The molecule has 0 saturated carbocycles. The largest absolute Gasteiger partial charge is 0.459 e. The number of ether oxygens (including phenoxy) is 1. The number of rotatable bonds is 2. The Balaban J connectivity index is 2.32. The fourth-order valence-corrected chi connectivity index (χ4v) is 2.17. The fourth-order valence-electron chi connectivity index (χ4n) is 1.26. The van der Waals surface area contributed by atoms with Gasteiger partial charge in [-0.05, 0) is 31.4 Å². The average Bonchev–Trinajstić information content (AvgIpc) is 2.59. The van der Waals surface area contributed by atoms with E-state index < -0.39 is 0 Å². The highest BCUT2D eigenvalue weighted by Crippen LogP contribution is 2.25. The van der Waals surface area contributed by atoms with Gasteiger partial charge in [-0.2, -0.15) is 0 Å². The van der Waals surface area contributed by atoms with Crippen molar-refractivity contribution in [3.8, 4) is 0 Å². The Hall–Kier alpha value is -1.42. The van der Waals surface area contributed by atoms with Crippen LogP contribution >= 0.6 is 11.3 Å². The Morgan fingerprint density at radius 1 is 1.53 bits per heavy atom. The highest BCUT2D eigenvalue weighted by Gasteiger charge is 2.12. The number of thiophene rings is 1. The smallest absolute Gasteiger partial charge is 0.348 e. The number of pyridine rings is 1. The van der Waals surface area contributed by atoms with E-state index in [0.717, 1.165) is 10.1 Å². The topological polar surface area (TPSA) is 39.2 Å². The number of fused-ring (bicyclic) bond motifs is 1. The van der Waals surface area contributed by atoms with Crippen LogP contribution in [0.15, 0.2) is 24.5 Å². The van der Waals surface area contributed by atoms with Crippen LogP contribution in [0.4, 0.5) is 0 Å². The maximum absolute atomic E-state index is 11.6. The van der Waals surface area contributed by atoms with Crippen molar-refractivity contribution >= 4 is 27.4 Å². The maximum Gasteiger partial charge on any atom is 0.348 e. The second-order valence-electron chi connectivity index (χ2n) is 3.48. The molecule has 0 bridgehead atoms. The van der Waals surface area contributed by atoms with Crippen LogP contribution in [-0.2, 0) is 4.74 Å². The maximum atomic E-state index is 11.6. The molecule has 0 fully saturated rings. The average molecular weight is 221 g/mol. The first-order valence-electron chi connectivity index (χ1n) is 4.71. The molecule has 2 heterocycles. The lowest BCUT2D eigenvalue weighted by Gasteiger charge is -2.05. The quantitative estimate of drug-likeness (QED) is 0.732. The van der Waals surface area contributed by atoms with Crippen molar-refractivity contribution in [1.29, 1.82) is 0 Å². The third-order valence-electron chi connectivity index (χ3n) is 1.87. The normalized spacial score (nSPS) is 10.9. The Labute approximate surface area is 91.7 Å². The van der Waals surface area contributed by atoms with E-state index in [2.05, 4.69) is 4.98 Å². The zero-order chi connectivity index (χ0) is 10.8. The highest BCUT2D eigenvalue weighted by atomic mass is 32.1. The number of esters is 1. The summed E-state index contributed by atoms with van der Waals surface area (Å²) in [6.45, 7) is 3.68. The molecule has 0 N–H and O–H groups in total. The molecule has 2 rings (SSSR count). The summed E-state index contributed by atoms with van der Waals surface area (Å²) in [5.41, 5.74) is 0. The van der Waals surface area contributed by atoms with Gasteiger partial charge >= 0.3 is 5.97 Å². The van der Waals surface area contributed by atoms with Gasteiger partial charge in [-0.15, -0.1) is 11.3 Å². The summed E-state index contributed by atoms with van der Waals surface area (Å²) in [6, 6.07) is 3.73. The molecule has 0 amide bonds. The number of hydrogen-bond donors (Lipinski definition) is 0. The van der Waals surface area contributed by atoms with E-state index in [1.54, 1.807) is 12.4 Å². The Kier molecular flexibility index (Phi) is 2.68. The Morgan fingerprint density at radius 2 is 2.33 bits per heavy atom. The molecule has 3 nitrogen and oxygen atoms in total. The zero-order valence-corrected chi connectivity index (χ0v) is 9.38. The lowest BCUT2D eigenvalue weighted by Crippen LogP contribution is -2.09. The molecule has 0 aliphatic carbocycles. The van der Waals surface area contributed by atoms with Crippen molar-refractivity contribution in [2.24, 2.45) is 0 Å². The van der Waals surface area contributed by atoms with Crippen molar-refractivity contribution in [3.63, 3.8) is 0 Å². The van der Waals surface area contributed by atoms with Gasteiger partial charge in [0.1, 0.15) is 4.88 Å². The monoisotopic (exact) mass is 221 g/mol. The van der Waals surface area contributed by atoms with Crippen LogP contribution in [0.1, 0.15) is 23.5 Å². The van der Waals surface area contributed by atoms with Gasteiger partial charge in [-0.3, -0.25) is 4.98 Å². The van der Waals surface area contributed by atoms with E-state index in [4.69, 9.17) is 4.74 Å². The van der Waals surface area contributed by atoms with Crippen molar-refractivity contribution in [2.75, 3.05) is 0 Å². The number of hydrogen-bond acceptors (Lipinski definition) is 4. The Bertz CT molecular complexity index is 457. The number of carbonyl (C=O) groups excluding carboxylic acids is 1. The van der Waals surface area contributed by atoms with Crippen LogP contribution in [0.2, 0.25) is 0 Å². The second kappa shape index (κ2) is 3.98. The predicted octanol–water partition coefficient (Wildman–Crippen LogP) is 2.86. The molecule has 0 aliphatic rings. The van der Waals surface area contributed by atoms with Gasteiger partial charge in [-0.25, -0.2) is 4.79 Å². The number of aromatic nitrogens is 1. The molecule has 0 saturated heterocycles. The summed E-state index contributed by atoms with van der Waals surface area (Å²) in [4.78, 5) is 16.2. The fraction of sp³-hybridized carbons (Fsp3) is 0.273. The SMILES string of the molecule is CC(C)OC(=O)c1cc2ccncc2s1. The van der Waals surface area contributed by atoms with Gasteiger partial charge < -0.3 is 4.74 Å². The third kappa shape index (κ3) is 2.15. The molecule has 0 radical (unpaired) electrons. The van der Waals surface area contributed by atoms with Gasteiger partial charge in [0.15, 0.2) is 0 Å².